The predicted octanol–water partition coefficient (Wildman–Crippen LogP) is 2.63. The molecule has 1 aromatic heterocycles. The Bertz CT molecular complexity index is 165. The number of hydrogen-bond acceptors (Lipinski definition) is 1. The molecule has 0 amide bonds. The molecule has 0 aromatic carbocycles. The van der Waals surface area contributed by atoms with Crippen molar-refractivity contribution in [3.05, 3.63) is 28.3 Å². The van der Waals surface area contributed by atoms with Gasteiger partial charge in [0.15, 0.2) is 0 Å². The Balaban J connectivity index is 2.92. The molecule has 0 saturated heterocycles. The largest absolute Gasteiger partial charge is 0.148 e. The SMILES string of the molecule is C[CH]c1sccc1C. The summed E-state index contributed by atoms with van der Waals surface area (Å²) in [5, 5.41) is 2.12. The van der Waals surface area contributed by atoms with Crippen molar-refractivity contribution in [1.82, 2.24) is 0 Å². The average molecular weight is 125 g/mol. The van der Waals surface area contributed by atoms with E-state index >= 15 is 0 Å². The van der Waals surface area contributed by atoms with Crippen LogP contribution in [0.3, 0.4) is 0 Å². The highest BCUT2D eigenvalue weighted by atomic mass is 32.1. The maximum Gasteiger partial charge on any atom is 0.0109 e. The molecule has 1 rings (SSSR count). The zero-order valence-electron chi connectivity index (χ0n) is 5.14. The van der Waals surface area contributed by atoms with E-state index in [-0.39, 0.29) is 0 Å². The normalized spacial score (nSPS) is 9.75. The first-order valence-electron chi connectivity index (χ1n) is 2.68. The van der Waals surface area contributed by atoms with Crippen LogP contribution in [-0.4, -0.2) is 0 Å². The number of aryl methyl sites for hydroxylation is 1. The van der Waals surface area contributed by atoms with Gasteiger partial charge in [0.1, 0.15) is 0 Å². The Hall–Kier alpha value is -0.300. The van der Waals surface area contributed by atoms with E-state index in [1.165, 1.54) is 10.4 Å². The third-order valence-corrected chi connectivity index (χ3v) is 2.25. The van der Waals surface area contributed by atoms with E-state index in [1.807, 2.05) is 0 Å². The highest BCUT2D eigenvalue weighted by Gasteiger charge is 1.92. The van der Waals surface area contributed by atoms with Gasteiger partial charge in [-0.3, -0.25) is 0 Å². The third kappa shape index (κ3) is 0.920. The number of thiophene rings is 1. The highest BCUT2D eigenvalue weighted by molar-refractivity contribution is 7.10. The minimum absolute atomic E-state index is 1.39. The molecule has 43 valence electrons. The van der Waals surface area contributed by atoms with E-state index in [0.29, 0.717) is 0 Å². The summed E-state index contributed by atoms with van der Waals surface area (Å²) in [5.41, 5.74) is 1.39. The van der Waals surface area contributed by atoms with E-state index in [0.717, 1.165) is 0 Å². The molecule has 0 aliphatic rings. The maximum absolute atomic E-state index is 2.14. The van der Waals surface area contributed by atoms with E-state index in [4.69, 9.17) is 0 Å². The lowest BCUT2D eigenvalue weighted by molar-refractivity contribution is 1.41. The zero-order valence-corrected chi connectivity index (χ0v) is 5.96. The quantitative estimate of drug-likeness (QED) is 0.541. The van der Waals surface area contributed by atoms with Crippen LogP contribution >= 0.6 is 11.3 Å². The van der Waals surface area contributed by atoms with E-state index in [1.54, 1.807) is 11.3 Å². The lowest BCUT2D eigenvalue weighted by atomic mass is 10.2. The van der Waals surface area contributed by atoms with E-state index in [2.05, 4.69) is 31.7 Å². The van der Waals surface area contributed by atoms with Crippen LogP contribution < -0.4 is 0 Å². The molecule has 1 radical (unpaired) electrons. The van der Waals surface area contributed by atoms with Crippen LogP contribution in [-0.2, 0) is 0 Å². The smallest absolute Gasteiger partial charge is 0.0109 e. The van der Waals surface area contributed by atoms with Crippen LogP contribution in [0, 0.1) is 13.3 Å². The van der Waals surface area contributed by atoms with Crippen LogP contribution in [0.4, 0.5) is 0 Å². The van der Waals surface area contributed by atoms with Crippen LogP contribution in [0.15, 0.2) is 11.4 Å². The molecule has 0 unspecified atom stereocenters. The fraction of sp³-hybridized carbons (Fsp3) is 0.286. The standard InChI is InChI=1S/C7H9S/c1-3-7-6(2)4-5-8-7/h3-5H,1-2H3. The molecule has 0 atom stereocenters. The monoisotopic (exact) mass is 125 g/mol. The second-order valence-corrected chi connectivity index (χ2v) is 2.70. The van der Waals surface area contributed by atoms with Crippen molar-refractivity contribution in [2.24, 2.45) is 0 Å². The average Bonchev–Trinajstić information content (AvgIpc) is 2.14. The zero-order chi connectivity index (χ0) is 5.98. The lowest BCUT2D eigenvalue weighted by Crippen LogP contribution is -1.69. The molecule has 0 aliphatic heterocycles. The van der Waals surface area contributed by atoms with E-state index < -0.39 is 0 Å². The van der Waals surface area contributed by atoms with Crippen LogP contribution in [0.25, 0.3) is 0 Å². The van der Waals surface area contributed by atoms with Gasteiger partial charge in [0.05, 0.1) is 0 Å². The topological polar surface area (TPSA) is 0 Å². The van der Waals surface area contributed by atoms with Crippen LogP contribution in [0.2, 0.25) is 0 Å². The molecule has 0 saturated carbocycles. The van der Waals surface area contributed by atoms with Crippen molar-refractivity contribution < 1.29 is 0 Å². The summed E-state index contributed by atoms with van der Waals surface area (Å²) in [6.45, 7) is 4.20. The van der Waals surface area contributed by atoms with Crippen molar-refractivity contribution in [3.63, 3.8) is 0 Å². The van der Waals surface area contributed by atoms with Crippen LogP contribution in [0.1, 0.15) is 17.4 Å². The molecular weight excluding hydrogens is 116 g/mol. The molecule has 8 heavy (non-hydrogen) atoms. The van der Waals surface area contributed by atoms with Gasteiger partial charge in [-0.25, -0.2) is 0 Å². The van der Waals surface area contributed by atoms with Gasteiger partial charge >= 0.3 is 0 Å². The first-order chi connectivity index (χ1) is 3.84. The summed E-state index contributed by atoms with van der Waals surface area (Å²) < 4.78 is 0. The fourth-order valence-corrected chi connectivity index (χ4v) is 1.49. The van der Waals surface area contributed by atoms with Crippen molar-refractivity contribution in [2.75, 3.05) is 0 Å². The second-order valence-electron chi connectivity index (χ2n) is 1.76. The minimum atomic E-state index is 1.39. The molecular formula is C7H9S. The summed E-state index contributed by atoms with van der Waals surface area (Å²) in [4.78, 5) is 1.39. The Morgan fingerprint density at radius 3 is 2.62 bits per heavy atom. The van der Waals surface area contributed by atoms with Gasteiger partial charge in [0.2, 0.25) is 0 Å². The molecule has 0 nitrogen and oxygen atoms in total. The molecule has 1 aromatic rings. The summed E-state index contributed by atoms with van der Waals surface area (Å²) in [5.74, 6) is 0. The Morgan fingerprint density at radius 1 is 1.62 bits per heavy atom. The molecule has 1 heterocycles. The number of rotatable bonds is 1. The van der Waals surface area contributed by atoms with Gasteiger partial charge in [0, 0.05) is 4.88 Å². The lowest BCUT2D eigenvalue weighted by Gasteiger charge is -1.87. The molecule has 0 fully saturated rings. The molecule has 0 aliphatic carbocycles. The van der Waals surface area contributed by atoms with Gasteiger partial charge < -0.3 is 0 Å². The Morgan fingerprint density at radius 2 is 2.38 bits per heavy atom. The van der Waals surface area contributed by atoms with Crippen molar-refractivity contribution in [2.45, 2.75) is 13.8 Å². The van der Waals surface area contributed by atoms with Gasteiger partial charge in [0.25, 0.3) is 0 Å². The first-order valence-corrected chi connectivity index (χ1v) is 3.56. The molecule has 0 bridgehead atoms. The summed E-state index contributed by atoms with van der Waals surface area (Å²) in [6.07, 6.45) is 2.14. The first kappa shape index (κ1) is 5.83. The molecule has 1 heteroatoms. The van der Waals surface area contributed by atoms with Crippen LogP contribution in [0.5, 0.6) is 0 Å². The van der Waals surface area contributed by atoms with Crippen molar-refractivity contribution in [3.8, 4) is 0 Å². The van der Waals surface area contributed by atoms with Gasteiger partial charge in [-0.1, -0.05) is 6.92 Å². The molecule has 0 spiro atoms. The summed E-state index contributed by atoms with van der Waals surface area (Å²) in [7, 11) is 0. The molecule has 0 N–H and O–H groups in total. The summed E-state index contributed by atoms with van der Waals surface area (Å²) in [6, 6.07) is 2.14. The fourth-order valence-electron chi connectivity index (χ4n) is 0.680. The van der Waals surface area contributed by atoms with Crippen molar-refractivity contribution in [1.29, 1.82) is 0 Å². The Kier molecular flexibility index (Phi) is 1.69. The third-order valence-electron chi connectivity index (χ3n) is 1.16. The number of hydrogen-bond donors (Lipinski definition) is 0. The second kappa shape index (κ2) is 2.31. The highest BCUT2D eigenvalue weighted by Crippen LogP contribution is 2.16. The summed E-state index contributed by atoms with van der Waals surface area (Å²) >= 11 is 1.79. The van der Waals surface area contributed by atoms with Gasteiger partial charge in [-0.2, -0.15) is 0 Å². The van der Waals surface area contributed by atoms with E-state index in [9.17, 15) is 0 Å². The van der Waals surface area contributed by atoms with Crippen molar-refractivity contribution >= 4 is 11.3 Å². The van der Waals surface area contributed by atoms with Gasteiger partial charge in [-0.05, 0) is 30.4 Å². The Labute approximate surface area is 54.2 Å². The minimum Gasteiger partial charge on any atom is -0.148 e. The maximum atomic E-state index is 2.14. The predicted molar refractivity (Wildman–Crippen MR) is 38.1 cm³/mol. The van der Waals surface area contributed by atoms with Gasteiger partial charge in [-0.15, -0.1) is 11.3 Å².